The minimum Gasteiger partial charge on any atom is -0.411 e. The number of nitrogens with zero attached hydrogens (tertiary/aromatic N) is 4. The van der Waals surface area contributed by atoms with E-state index in [9.17, 15) is 4.79 Å². The molecule has 0 bridgehead atoms. The van der Waals surface area contributed by atoms with Gasteiger partial charge in [-0.1, -0.05) is 60.6 Å². The van der Waals surface area contributed by atoms with Crippen LogP contribution in [0.3, 0.4) is 0 Å². The second-order valence-electron chi connectivity index (χ2n) is 7.45. The number of aromatic nitrogens is 3. The molecule has 6 nitrogen and oxygen atoms in total. The third kappa shape index (κ3) is 6.43. The van der Waals surface area contributed by atoms with Crippen molar-refractivity contribution in [1.29, 1.82) is 0 Å². The van der Waals surface area contributed by atoms with E-state index < -0.39 is 0 Å². The van der Waals surface area contributed by atoms with Crippen LogP contribution in [0, 0.1) is 0 Å². The molecule has 2 aromatic heterocycles. The van der Waals surface area contributed by atoms with Crippen molar-refractivity contribution >= 4 is 29.3 Å². The number of carbonyl (C=O) groups excluding carboxylic acids is 1. The third-order valence-corrected chi connectivity index (χ3v) is 6.13. The fraction of sp³-hybridized carbons (Fsp3) is 0.200. The molecule has 4 aromatic rings. The van der Waals surface area contributed by atoms with E-state index in [2.05, 4.69) is 46.4 Å². The Morgan fingerprint density at radius 1 is 0.970 bits per heavy atom. The molecule has 0 N–H and O–H groups in total. The molecule has 0 fully saturated rings. The fourth-order valence-electron chi connectivity index (χ4n) is 3.24. The van der Waals surface area contributed by atoms with Gasteiger partial charge in [-0.25, -0.2) is 0 Å². The van der Waals surface area contributed by atoms with E-state index in [1.807, 2.05) is 29.2 Å². The van der Waals surface area contributed by atoms with Crippen LogP contribution in [0.4, 0.5) is 0 Å². The number of hydrogen-bond donors (Lipinski definition) is 0. The van der Waals surface area contributed by atoms with Gasteiger partial charge in [0, 0.05) is 36.1 Å². The molecule has 0 atom stereocenters. The Hall–Kier alpha value is -3.16. The monoisotopic (exact) mass is 478 g/mol. The number of benzene rings is 2. The van der Waals surface area contributed by atoms with Crippen LogP contribution in [0.2, 0.25) is 5.02 Å². The maximum Gasteiger partial charge on any atom is 0.277 e. The predicted octanol–water partition coefficient (Wildman–Crippen LogP) is 5.67. The van der Waals surface area contributed by atoms with Crippen LogP contribution in [-0.2, 0) is 24.3 Å². The number of hydrogen-bond acceptors (Lipinski definition) is 6. The lowest BCUT2D eigenvalue weighted by atomic mass is 10.1. The van der Waals surface area contributed by atoms with Gasteiger partial charge in [0.2, 0.25) is 11.8 Å². The molecule has 0 aliphatic carbocycles. The first-order valence-corrected chi connectivity index (χ1v) is 11.9. The lowest BCUT2D eigenvalue weighted by Gasteiger charge is -2.23. The minimum absolute atomic E-state index is 0.0188. The zero-order chi connectivity index (χ0) is 23.0. The summed E-state index contributed by atoms with van der Waals surface area (Å²) in [6.07, 6.45) is 4.49. The predicted molar refractivity (Wildman–Crippen MR) is 130 cm³/mol. The molecule has 2 aromatic carbocycles. The summed E-state index contributed by atoms with van der Waals surface area (Å²) < 4.78 is 5.72. The van der Waals surface area contributed by atoms with Crippen molar-refractivity contribution in [2.75, 3.05) is 5.75 Å². The van der Waals surface area contributed by atoms with E-state index in [-0.39, 0.29) is 11.7 Å². The molecule has 0 saturated carbocycles. The Morgan fingerprint density at radius 3 is 2.39 bits per heavy atom. The Labute approximate surface area is 202 Å². The van der Waals surface area contributed by atoms with Crippen LogP contribution < -0.4 is 0 Å². The highest BCUT2D eigenvalue weighted by molar-refractivity contribution is 7.99. The van der Waals surface area contributed by atoms with Crippen molar-refractivity contribution in [2.45, 2.75) is 31.7 Å². The van der Waals surface area contributed by atoms with Gasteiger partial charge in [-0.2, -0.15) is 0 Å². The maximum absolute atomic E-state index is 13.1. The Kier molecular flexibility index (Phi) is 7.75. The molecule has 0 radical (unpaired) electrons. The molecule has 0 saturated heterocycles. The molecular formula is C25H23ClN4O2S. The Morgan fingerprint density at radius 2 is 1.70 bits per heavy atom. The van der Waals surface area contributed by atoms with Crippen molar-refractivity contribution in [3.05, 3.63) is 94.8 Å². The first kappa shape index (κ1) is 23.0. The summed E-state index contributed by atoms with van der Waals surface area (Å²) in [7, 11) is 0. The SMILES string of the molecule is CCc1ccc(CN(Cc2cccnc2)C(=O)CSc2nnc(-c3ccc(Cl)cc3)o2)cc1. The molecule has 168 valence electrons. The maximum atomic E-state index is 13.1. The lowest BCUT2D eigenvalue weighted by Crippen LogP contribution is -2.31. The highest BCUT2D eigenvalue weighted by Crippen LogP contribution is 2.25. The molecule has 33 heavy (non-hydrogen) atoms. The van der Waals surface area contributed by atoms with Gasteiger partial charge in [-0.05, 0) is 53.4 Å². The second kappa shape index (κ2) is 11.1. The average Bonchev–Trinajstić information content (AvgIpc) is 3.33. The molecular weight excluding hydrogens is 456 g/mol. The number of pyridine rings is 1. The molecule has 4 rings (SSSR count). The zero-order valence-corrected chi connectivity index (χ0v) is 19.7. The van der Waals surface area contributed by atoms with Crippen molar-refractivity contribution in [3.63, 3.8) is 0 Å². The van der Waals surface area contributed by atoms with Crippen LogP contribution in [0.1, 0.15) is 23.6 Å². The van der Waals surface area contributed by atoms with Crippen LogP contribution in [0.15, 0.2) is 82.7 Å². The number of carbonyl (C=O) groups is 1. The van der Waals surface area contributed by atoms with Crippen molar-refractivity contribution in [2.24, 2.45) is 0 Å². The summed E-state index contributed by atoms with van der Waals surface area (Å²) in [5.74, 6) is 0.565. The first-order valence-electron chi connectivity index (χ1n) is 10.6. The van der Waals surface area contributed by atoms with E-state index in [1.165, 1.54) is 17.3 Å². The zero-order valence-electron chi connectivity index (χ0n) is 18.1. The lowest BCUT2D eigenvalue weighted by molar-refractivity contribution is -0.129. The Balaban J connectivity index is 1.43. The molecule has 8 heteroatoms. The van der Waals surface area contributed by atoms with Gasteiger partial charge in [-0.15, -0.1) is 10.2 Å². The number of thioether (sulfide) groups is 1. The number of halogens is 1. The Bertz CT molecular complexity index is 1180. The molecule has 1 amide bonds. The summed E-state index contributed by atoms with van der Waals surface area (Å²) in [4.78, 5) is 19.1. The molecule has 0 aliphatic heterocycles. The summed E-state index contributed by atoms with van der Waals surface area (Å²) in [5.41, 5.74) is 4.10. The number of amides is 1. The van der Waals surface area contributed by atoms with Gasteiger partial charge < -0.3 is 9.32 Å². The van der Waals surface area contributed by atoms with E-state index in [0.29, 0.717) is 29.2 Å². The molecule has 0 aliphatic rings. The van der Waals surface area contributed by atoms with Gasteiger partial charge in [0.1, 0.15) is 0 Å². The van der Waals surface area contributed by atoms with Gasteiger partial charge in [0.15, 0.2) is 0 Å². The highest BCUT2D eigenvalue weighted by Gasteiger charge is 2.18. The van der Waals surface area contributed by atoms with Crippen molar-refractivity contribution in [3.8, 4) is 11.5 Å². The summed E-state index contributed by atoms with van der Waals surface area (Å²) in [6.45, 7) is 3.11. The molecule has 0 spiro atoms. The highest BCUT2D eigenvalue weighted by atomic mass is 35.5. The second-order valence-corrected chi connectivity index (χ2v) is 8.81. The van der Waals surface area contributed by atoms with Crippen LogP contribution in [0.5, 0.6) is 0 Å². The topological polar surface area (TPSA) is 72.1 Å². The number of rotatable bonds is 9. The third-order valence-electron chi connectivity index (χ3n) is 5.07. The summed E-state index contributed by atoms with van der Waals surface area (Å²) in [6, 6.07) is 19.4. The van der Waals surface area contributed by atoms with E-state index in [4.69, 9.17) is 16.0 Å². The minimum atomic E-state index is -0.0188. The van der Waals surface area contributed by atoms with Gasteiger partial charge >= 0.3 is 0 Å². The average molecular weight is 479 g/mol. The van der Waals surface area contributed by atoms with Crippen LogP contribution in [-0.4, -0.2) is 31.7 Å². The smallest absolute Gasteiger partial charge is 0.277 e. The molecule has 0 unspecified atom stereocenters. The fourth-order valence-corrected chi connectivity index (χ4v) is 4.03. The van der Waals surface area contributed by atoms with Crippen molar-refractivity contribution in [1.82, 2.24) is 20.1 Å². The van der Waals surface area contributed by atoms with Gasteiger partial charge in [0.25, 0.3) is 5.22 Å². The van der Waals surface area contributed by atoms with Gasteiger partial charge in [0.05, 0.1) is 5.75 Å². The summed E-state index contributed by atoms with van der Waals surface area (Å²) in [5, 5.41) is 9.13. The largest absolute Gasteiger partial charge is 0.411 e. The number of aryl methyl sites for hydroxylation is 1. The van der Waals surface area contributed by atoms with Crippen molar-refractivity contribution < 1.29 is 9.21 Å². The van der Waals surface area contributed by atoms with Gasteiger partial charge in [-0.3, -0.25) is 9.78 Å². The van der Waals surface area contributed by atoms with Crippen LogP contribution >= 0.6 is 23.4 Å². The van der Waals surface area contributed by atoms with Crippen LogP contribution in [0.25, 0.3) is 11.5 Å². The standard InChI is InChI=1S/C25H23ClN4O2S/c1-2-18-5-7-19(8-6-18)15-30(16-20-4-3-13-27-14-20)23(31)17-33-25-29-28-24(32-25)21-9-11-22(26)12-10-21/h3-14H,2,15-17H2,1H3. The quantitative estimate of drug-likeness (QED) is 0.289. The van der Waals surface area contributed by atoms with E-state index in [1.54, 1.807) is 24.5 Å². The van der Waals surface area contributed by atoms with E-state index in [0.717, 1.165) is 23.1 Å². The summed E-state index contributed by atoms with van der Waals surface area (Å²) >= 11 is 7.16. The van der Waals surface area contributed by atoms with E-state index >= 15 is 0 Å². The first-order chi connectivity index (χ1) is 16.1. The normalized spacial score (nSPS) is 10.8. The molecule has 2 heterocycles.